The lowest BCUT2D eigenvalue weighted by molar-refractivity contribution is -0.139. The molecule has 0 radical (unpaired) electrons. The Balaban J connectivity index is 0.00000243. The van der Waals surface area contributed by atoms with E-state index in [-0.39, 0.29) is 23.7 Å². The molecule has 9 heteroatoms. The number of primary amides is 1. The van der Waals surface area contributed by atoms with Gasteiger partial charge in [0.1, 0.15) is 17.6 Å². The summed E-state index contributed by atoms with van der Waals surface area (Å²) in [5, 5.41) is 0. The van der Waals surface area contributed by atoms with E-state index in [1.54, 1.807) is 6.07 Å². The fourth-order valence-corrected chi connectivity index (χ4v) is 2.87. The first kappa shape index (κ1) is 20.1. The van der Waals surface area contributed by atoms with E-state index >= 15 is 0 Å². The number of carbonyl (C=O) groups excluding carboxylic acids is 1. The van der Waals surface area contributed by atoms with Gasteiger partial charge in [-0.15, -0.1) is 12.4 Å². The van der Waals surface area contributed by atoms with Crippen molar-refractivity contribution in [1.29, 1.82) is 0 Å². The summed E-state index contributed by atoms with van der Waals surface area (Å²) in [4.78, 5) is 13.2. The molecule has 1 aliphatic rings. The number of alkyl halides is 3. The third kappa shape index (κ3) is 4.13. The molecule has 0 aliphatic carbocycles. The van der Waals surface area contributed by atoms with E-state index in [0.717, 1.165) is 17.7 Å². The molecule has 0 saturated heterocycles. The molecule has 2 aromatic rings. The zero-order valence-electron chi connectivity index (χ0n) is 13.9. The third-order valence-electron chi connectivity index (χ3n) is 4.15. The monoisotopic (exact) mass is 390 g/mol. The van der Waals surface area contributed by atoms with Gasteiger partial charge >= 0.3 is 6.18 Å². The van der Waals surface area contributed by atoms with Crippen LogP contribution in [0.3, 0.4) is 0 Å². The molecule has 26 heavy (non-hydrogen) atoms. The van der Waals surface area contributed by atoms with Crippen LogP contribution in [0.5, 0.6) is 5.75 Å². The van der Waals surface area contributed by atoms with Gasteiger partial charge in [-0.25, -0.2) is 0 Å². The number of furan rings is 1. The molecule has 1 atom stereocenters. The molecule has 1 aromatic heterocycles. The van der Waals surface area contributed by atoms with Crippen molar-refractivity contribution in [2.75, 3.05) is 13.6 Å². The molecule has 0 saturated carbocycles. The summed E-state index contributed by atoms with van der Waals surface area (Å²) in [6.45, 7) is 1.21. The van der Waals surface area contributed by atoms with E-state index < -0.39 is 23.8 Å². The Labute approximate surface area is 154 Å². The van der Waals surface area contributed by atoms with Crippen molar-refractivity contribution in [3.8, 4) is 5.75 Å². The minimum Gasteiger partial charge on any atom is -0.485 e. The van der Waals surface area contributed by atoms with Gasteiger partial charge in [0.15, 0.2) is 0 Å². The quantitative estimate of drug-likeness (QED) is 0.866. The van der Waals surface area contributed by atoms with Gasteiger partial charge in [-0.2, -0.15) is 13.2 Å². The molecule has 2 N–H and O–H groups in total. The van der Waals surface area contributed by atoms with E-state index in [9.17, 15) is 18.0 Å². The number of carbonyl (C=O) groups is 1. The fourth-order valence-electron chi connectivity index (χ4n) is 2.87. The summed E-state index contributed by atoms with van der Waals surface area (Å²) in [5.74, 6) is -0.586. The smallest absolute Gasteiger partial charge is 0.419 e. The number of benzene rings is 1. The number of amides is 1. The SMILES string of the molecule is CN1CCC(Oc2ccc(C(N)=O)cc2C(F)(F)F)c2ccoc2C1.Cl. The maximum Gasteiger partial charge on any atom is 0.419 e. The largest absolute Gasteiger partial charge is 0.485 e. The number of rotatable bonds is 3. The number of hydrogen-bond acceptors (Lipinski definition) is 4. The number of nitrogens with two attached hydrogens (primary N) is 1. The minimum absolute atomic E-state index is 0. The van der Waals surface area contributed by atoms with Crippen molar-refractivity contribution in [2.45, 2.75) is 25.2 Å². The lowest BCUT2D eigenvalue weighted by atomic mass is 10.1. The first-order chi connectivity index (χ1) is 11.8. The lowest BCUT2D eigenvalue weighted by Crippen LogP contribution is -2.19. The van der Waals surface area contributed by atoms with Gasteiger partial charge in [0.05, 0.1) is 18.4 Å². The van der Waals surface area contributed by atoms with Gasteiger partial charge in [0.25, 0.3) is 0 Å². The Morgan fingerprint density at radius 3 is 2.73 bits per heavy atom. The Bertz CT molecular complexity index is 792. The predicted molar refractivity (Wildman–Crippen MR) is 90.2 cm³/mol. The third-order valence-corrected chi connectivity index (χ3v) is 4.15. The van der Waals surface area contributed by atoms with Gasteiger partial charge in [-0.3, -0.25) is 9.69 Å². The maximum atomic E-state index is 13.4. The van der Waals surface area contributed by atoms with Crippen LogP contribution in [0.4, 0.5) is 13.2 Å². The molecular weight excluding hydrogens is 373 g/mol. The zero-order valence-corrected chi connectivity index (χ0v) is 14.7. The average Bonchev–Trinajstić information content (AvgIpc) is 2.92. The first-order valence-corrected chi connectivity index (χ1v) is 7.68. The van der Waals surface area contributed by atoms with Crippen LogP contribution in [0.1, 0.15) is 39.8 Å². The Morgan fingerprint density at radius 1 is 1.35 bits per heavy atom. The van der Waals surface area contributed by atoms with E-state index in [2.05, 4.69) is 0 Å². The van der Waals surface area contributed by atoms with Crippen LogP contribution >= 0.6 is 12.4 Å². The van der Waals surface area contributed by atoms with Crippen LogP contribution in [-0.4, -0.2) is 24.4 Å². The van der Waals surface area contributed by atoms with Crippen molar-refractivity contribution >= 4 is 18.3 Å². The molecule has 0 spiro atoms. The summed E-state index contributed by atoms with van der Waals surface area (Å²) in [7, 11) is 1.90. The number of fused-ring (bicyclic) bond motifs is 1. The molecule has 142 valence electrons. The van der Waals surface area contributed by atoms with Crippen LogP contribution in [0, 0.1) is 0 Å². The van der Waals surface area contributed by atoms with Crippen molar-refractivity contribution in [2.24, 2.45) is 5.73 Å². The second-order valence-corrected chi connectivity index (χ2v) is 6.01. The first-order valence-electron chi connectivity index (χ1n) is 7.68. The van der Waals surface area contributed by atoms with Crippen molar-refractivity contribution < 1.29 is 27.1 Å². The number of nitrogens with zero attached hydrogens (tertiary/aromatic N) is 1. The molecule has 2 heterocycles. The maximum absolute atomic E-state index is 13.4. The highest BCUT2D eigenvalue weighted by atomic mass is 35.5. The van der Waals surface area contributed by atoms with Crippen LogP contribution in [0.15, 0.2) is 34.9 Å². The fraction of sp³-hybridized carbons (Fsp3) is 0.353. The highest BCUT2D eigenvalue weighted by molar-refractivity contribution is 5.93. The van der Waals surface area contributed by atoms with E-state index in [1.165, 1.54) is 12.3 Å². The number of halogens is 4. The number of ether oxygens (including phenoxy) is 1. The van der Waals surface area contributed by atoms with Crippen molar-refractivity contribution in [3.05, 3.63) is 53.0 Å². The van der Waals surface area contributed by atoms with Gasteiger partial charge in [-0.1, -0.05) is 0 Å². The summed E-state index contributed by atoms with van der Waals surface area (Å²) in [5.41, 5.74) is 4.57. The molecule has 1 aliphatic heterocycles. The van der Waals surface area contributed by atoms with Gasteiger partial charge < -0.3 is 14.9 Å². The van der Waals surface area contributed by atoms with Crippen molar-refractivity contribution in [3.63, 3.8) is 0 Å². The average molecular weight is 391 g/mol. The highest BCUT2D eigenvalue weighted by Crippen LogP contribution is 2.40. The molecule has 0 fully saturated rings. The van der Waals surface area contributed by atoms with E-state index in [4.69, 9.17) is 14.9 Å². The van der Waals surface area contributed by atoms with Crippen molar-refractivity contribution in [1.82, 2.24) is 4.90 Å². The Kier molecular flexibility index (Phi) is 5.87. The van der Waals surface area contributed by atoms with E-state index in [0.29, 0.717) is 25.3 Å². The summed E-state index contributed by atoms with van der Waals surface area (Å²) in [6.07, 6.45) is -3.22. The molecule has 0 bridgehead atoms. The molecule has 1 amide bonds. The van der Waals surface area contributed by atoms with Crippen LogP contribution < -0.4 is 10.5 Å². The van der Waals surface area contributed by atoms with Gasteiger partial charge in [0, 0.05) is 24.1 Å². The van der Waals surface area contributed by atoms with Gasteiger partial charge in [0.2, 0.25) is 5.91 Å². The highest BCUT2D eigenvalue weighted by Gasteiger charge is 2.36. The van der Waals surface area contributed by atoms with Gasteiger partial charge in [-0.05, 0) is 31.3 Å². The molecule has 5 nitrogen and oxygen atoms in total. The predicted octanol–water partition coefficient (Wildman–Crippen LogP) is 3.77. The summed E-state index contributed by atoms with van der Waals surface area (Å²) >= 11 is 0. The summed E-state index contributed by atoms with van der Waals surface area (Å²) < 4.78 is 51.2. The summed E-state index contributed by atoms with van der Waals surface area (Å²) in [6, 6.07) is 4.80. The normalized spacial score (nSPS) is 17.8. The Hall–Kier alpha value is -2.19. The zero-order chi connectivity index (χ0) is 18.2. The van der Waals surface area contributed by atoms with Crippen LogP contribution in [0.25, 0.3) is 0 Å². The lowest BCUT2D eigenvalue weighted by Gasteiger charge is -2.21. The van der Waals surface area contributed by atoms with E-state index in [1.807, 2.05) is 11.9 Å². The Morgan fingerprint density at radius 2 is 2.08 bits per heavy atom. The molecule has 3 rings (SSSR count). The molecular formula is C17H18ClF3N2O3. The molecule has 1 aromatic carbocycles. The van der Waals surface area contributed by atoms with Crippen LogP contribution in [0.2, 0.25) is 0 Å². The van der Waals surface area contributed by atoms with Crippen LogP contribution in [-0.2, 0) is 12.7 Å². The standard InChI is InChI=1S/C17H17F3N2O3.ClH/c1-22-6-4-13(11-5-7-24-15(11)9-22)25-14-3-2-10(16(21)23)8-12(14)17(18,19)20;/h2-3,5,7-8,13H,4,6,9H2,1H3,(H2,21,23);1H. The minimum atomic E-state index is -4.67. The second kappa shape index (κ2) is 7.59. The molecule has 1 unspecified atom stereocenters. The number of hydrogen-bond donors (Lipinski definition) is 1. The topological polar surface area (TPSA) is 68.7 Å². The second-order valence-electron chi connectivity index (χ2n) is 6.01.